The molecule has 4 rings (SSSR count). The van der Waals surface area contributed by atoms with Crippen molar-refractivity contribution < 1.29 is 49.6 Å². The molecule has 32 heavy (non-hydrogen) atoms. The Morgan fingerprint density at radius 2 is 1.59 bits per heavy atom. The number of phenols is 2. The SMILES string of the molecule is O=c1c(O)c(-c2ccc(O)cc2)oc2cc(O)cc(OC3O[C@H](CO)[C@@H](O)[C@H](O)[C@H]3O)c12. The van der Waals surface area contributed by atoms with Crippen LogP contribution in [0, 0.1) is 0 Å². The van der Waals surface area contributed by atoms with Crippen LogP contribution in [0.3, 0.4) is 0 Å². The highest BCUT2D eigenvalue weighted by molar-refractivity contribution is 5.88. The molecule has 0 amide bonds. The number of rotatable bonds is 4. The molecule has 1 unspecified atom stereocenters. The Bertz CT molecular complexity index is 1190. The van der Waals surface area contributed by atoms with E-state index in [0.717, 1.165) is 12.1 Å². The first-order valence-corrected chi connectivity index (χ1v) is 9.50. The lowest BCUT2D eigenvalue weighted by Gasteiger charge is -2.39. The van der Waals surface area contributed by atoms with Crippen molar-refractivity contribution in [2.75, 3.05) is 6.61 Å². The molecule has 1 aliphatic rings. The van der Waals surface area contributed by atoms with E-state index < -0.39 is 48.5 Å². The smallest absolute Gasteiger partial charge is 0.238 e. The summed E-state index contributed by atoms with van der Waals surface area (Å²) in [5.74, 6) is -1.75. The van der Waals surface area contributed by atoms with Crippen LogP contribution >= 0.6 is 0 Å². The first kappa shape index (κ1) is 21.9. The second-order valence-electron chi connectivity index (χ2n) is 7.29. The van der Waals surface area contributed by atoms with Gasteiger partial charge in [0, 0.05) is 17.7 Å². The molecule has 2 aromatic carbocycles. The van der Waals surface area contributed by atoms with Crippen LogP contribution in [0.2, 0.25) is 0 Å². The maximum absolute atomic E-state index is 12.9. The fraction of sp³-hybridized carbons (Fsp3) is 0.286. The van der Waals surface area contributed by atoms with Crippen molar-refractivity contribution >= 4 is 11.0 Å². The summed E-state index contributed by atoms with van der Waals surface area (Å²) >= 11 is 0. The quantitative estimate of drug-likeness (QED) is 0.279. The van der Waals surface area contributed by atoms with E-state index in [-0.39, 0.29) is 39.5 Å². The molecule has 1 aliphatic heterocycles. The van der Waals surface area contributed by atoms with Crippen molar-refractivity contribution in [1.82, 2.24) is 0 Å². The van der Waals surface area contributed by atoms with Gasteiger partial charge in [-0.25, -0.2) is 0 Å². The average molecular weight is 448 g/mol. The van der Waals surface area contributed by atoms with E-state index >= 15 is 0 Å². The number of hydrogen-bond acceptors (Lipinski definition) is 11. The summed E-state index contributed by atoms with van der Waals surface area (Å²) in [6.07, 6.45) is -7.98. The highest BCUT2D eigenvalue weighted by Gasteiger charge is 2.45. The van der Waals surface area contributed by atoms with Gasteiger partial charge in [-0.15, -0.1) is 0 Å². The van der Waals surface area contributed by atoms with Crippen LogP contribution in [0.1, 0.15) is 0 Å². The Kier molecular flexibility index (Phi) is 5.67. The highest BCUT2D eigenvalue weighted by atomic mass is 16.7. The van der Waals surface area contributed by atoms with E-state index in [1.54, 1.807) is 0 Å². The van der Waals surface area contributed by atoms with E-state index in [4.69, 9.17) is 13.9 Å². The number of aliphatic hydroxyl groups is 4. The standard InChI is InChI=1S/C21H20O11/c22-7-13-15(25)17(27)19(29)21(32-13)31-12-6-10(24)5-11-14(12)16(26)18(28)20(30-11)8-1-3-9(23)4-2-8/h1-6,13,15,17,19,21-25,27-29H,7H2/t13-,15-,17+,19-,21?/m1/s1. The van der Waals surface area contributed by atoms with Gasteiger partial charge >= 0.3 is 0 Å². The highest BCUT2D eigenvalue weighted by Crippen LogP contribution is 2.37. The average Bonchev–Trinajstić information content (AvgIpc) is 2.77. The van der Waals surface area contributed by atoms with E-state index in [9.17, 15) is 40.5 Å². The summed E-state index contributed by atoms with van der Waals surface area (Å²) < 4.78 is 16.4. The molecule has 0 saturated carbocycles. The van der Waals surface area contributed by atoms with Crippen LogP contribution in [0.25, 0.3) is 22.3 Å². The second kappa shape index (κ2) is 8.30. The first-order valence-electron chi connectivity index (χ1n) is 9.50. The third-order valence-corrected chi connectivity index (χ3v) is 5.14. The number of aromatic hydroxyl groups is 3. The fourth-order valence-electron chi connectivity index (χ4n) is 3.45. The molecule has 0 radical (unpaired) electrons. The summed E-state index contributed by atoms with van der Waals surface area (Å²) in [4.78, 5) is 12.9. The van der Waals surface area contributed by atoms with E-state index in [1.165, 1.54) is 24.3 Å². The number of aliphatic hydroxyl groups excluding tert-OH is 4. The van der Waals surface area contributed by atoms with E-state index in [2.05, 4.69) is 0 Å². The molecule has 11 nitrogen and oxygen atoms in total. The Morgan fingerprint density at radius 1 is 0.906 bits per heavy atom. The van der Waals surface area contributed by atoms with Gasteiger partial charge in [0.2, 0.25) is 17.5 Å². The molecule has 1 aromatic heterocycles. The fourth-order valence-corrected chi connectivity index (χ4v) is 3.45. The van der Waals surface area contributed by atoms with Gasteiger partial charge < -0.3 is 49.6 Å². The van der Waals surface area contributed by atoms with Crippen molar-refractivity contribution in [2.24, 2.45) is 0 Å². The lowest BCUT2D eigenvalue weighted by atomic mass is 9.99. The molecule has 0 spiro atoms. The van der Waals surface area contributed by atoms with Crippen molar-refractivity contribution in [3.63, 3.8) is 0 Å². The minimum atomic E-state index is -1.76. The summed E-state index contributed by atoms with van der Waals surface area (Å²) in [6, 6.07) is 7.60. The molecule has 0 bridgehead atoms. The normalized spacial score (nSPS) is 25.7. The second-order valence-corrected chi connectivity index (χ2v) is 7.29. The van der Waals surface area contributed by atoms with Crippen LogP contribution in [0.5, 0.6) is 23.0 Å². The van der Waals surface area contributed by atoms with Gasteiger partial charge in [-0.3, -0.25) is 4.79 Å². The third-order valence-electron chi connectivity index (χ3n) is 5.14. The maximum Gasteiger partial charge on any atom is 0.238 e. The van der Waals surface area contributed by atoms with Crippen LogP contribution in [-0.4, -0.2) is 73.1 Å². The molecule has 2 heterocycles. The number of phenolic OH excluding ortho intramolecular Hbond substituents is 2. The molecule has 1 fully saturated rings. The number of ether oxygens (including phenoxy) is 2. The molecular weight excluding hydrogens is 428 g/mol. The van der Waals surface area contributed by atoms with Crippen molar-refractivity contribution in [3.8, 4) is 34.3 Å². The van der Waals surface area contributed by atoms with Gasteiger partial charge in [0.15, 0.2) is 5.76 Å². The summed E-state index contributed by atoms with van der Waals surface area (Å²) in [5, 5.41) is 69.0. The van der Waals surface area contributed by atoms with Crippen LogP contribution < -0.4 is 10.2 Å². The zero-order valence-electron chi connectivity index (χ0n) is 16.3. The topological polar surface area (TPSA) is 190 Å². The zero-order chi connectivity index (χ0) is 23.2. The van der Waals surface area contributed by atoms with Gasteiger partial charge in [0.25, 0.3) is 0 Å². The minimum absolute atomic E-state index is 0.0377. The summed E-state index contributed by atoms with van der Waals surface area (Å²) in [6.45, 7) is -0.690. The predicted molar refractivity (Wildman–Crippen MR) is 107 cm³/mol. The van der Waals surface area contributed by atoms with Gasteiger partial charge in [-0.05, 0) is 24.3 Å². The van der Waals surface area contributed by atoms with Crippen molar-refractivity contribution in [2.45, 2.75) is 30.7 Å². The number of benzene rings is 2. The lowest BCUT2D eigenvalue weighted by molar-refractivity contribution is -0.277. The number of hydrogen-bond donors (Lipinski definition) is 7. The Balaban J connectivity index is 1.80. The van der Waals surface area contributed by atoms with E-state index in [1.807, 2.05) is 0 Å². The largest absolute Gasteiger partial charge is 0.508 e. The first-order chi connectivity index (χ1) is 15.2. The molecule has 7 N–H and O–H groups in total. The zero-order valence-corrected chi connectivity index (χ0v) is 16.3. The van der Waals surface area contributed by atoms with Crippen LogP contribution in [-0.2, 0) is 4.74 Å². The van der Waals surface area contributed by atoms with Gasteiger partial charge in [-0.2, -0.15) is 0 Å². The van der Waals surface area contributed by atoms with Gasteiger partial charge in [0.1, 0.15) is 52.6 Å². The molecule has 11 heteroatoms. The molecular formula is C21H20O11. The maximum atomic E-state index is 12.9. The Hall–Kier alpha value is -3.35. The van der Waals surface area contributed by atoms with E-state index in [0.29, 0.717) is 0 Å². The van der Waals surface area contributed by atoms with Gasteiger partial charge in [-0.1, -0.05) is 0 Å². The summed E-state index contributed by atoms with van der Waals surface area (Å²) in [7, 11) is 0. The summed E-state index contributed by atoms with van der Waals surface area (Å²) in [5.41, 5.74) is -0.816. The monoisotopic (exact) mass is 448 g/mol. The van der Waals surface area contributed by atoms with Gasteiger partial charge in [0.05, 0.1) is 6.61 Å². The Morgan fingerprint density at radius 3 is 2.25 bits per heavy atom. The molecule has 5 atom stereocenters. The van der Waals surface area contributed by atoms with Crippen molar-refractivity contribution in [3.05, 3.63) is 46.6 Å². The lowest BCUT2D eigenvalue weighted by Crippen LogP contribution is -2.60. The van der Waals surface area contributed by atoms with Crippen LogP contribution in [0.4, 0.5) is 0 Å². The predicted octanol–water partition coefficient (Wildman–Crippen LogP) is -0.245. The minimum Gasteiger partial charge on any atom is -0.508 e. The molecule has 170 valence electrons. The molecule has 3 aromatic rings. The molecule has 0 aliphatic carbocycles. The van der Waals surface area contributed by atoms with Crippen molar-refractivity contribution in [1.29, 1.82) is 0 Å². The third kappa shape index (κ3) is 3.72. The Labute approximate surface area is 179 Å². The van der Waals surface area contributed by atoms with Crippen LogP contribution in [0.15, 0.2) is 45.6 Å². The number of fused-ring (bicyclic) bond motifs is 1. The molecule has 1 saturated heterocycles.